The van der Waals surface area contributed by atoms with Crippen molar-refractivity contribution in [3.63, 3.8) is 0 Å². The number of ether oxygens (including phenoxy) is 2. The maximum atomic E-state index is 11.3. The van der Waals surface area contributed by atoms with Gasteiger partial charge in [0.1, 0.15) is 6.04 Å². The van der Waals surface area contributed by atoms with Gasteiger partial charge in [-0.1, -0.05) is 6.92 Å². The molecule has 0 fully saturated rings. The molecule has 1 atom stereocenters. The Morgan fingerprint density at radius 1 is 1.37 bits per heavy atom. The number of hydrazine groups is 1. The van der Waals surface area contributed by atoms with Crippen LogP contribution in [0.4, 0.5) is 11.9 Å². The van der Waals surface area contributed by atoms with Gasteiger partial charge in [-0.25, -0.2) is 10.6 Å². The lowest BCUT2D eigenvalue weighted by Gasteiger charge is -2.12. The van der Waals surface area contributed by atoms with Crippen molar-refractivity contribution in [2.24, 2.45) is 5.84 Å². The molecule has 0 spiro atoms. The molecule has 1 unspecified atom stereocenters. The monoisotopic (exact) mass is 270 g/mol. The average molecular weight is 270 g/mol. The number of aromatic nitrogens is 3. The van der Waals surface area contributed by atoms with Crippen LogP contribution in [0.2, 0.25) is 0 Å². The Bertz CT molecular complexity index is 428. The van der Waals surface area contributed by atoms with Crippen LogP contribution in [0.1, 0.15) is 20.3 Å². The zero-order valence-electron chi connectivity index (χ0n) is 11.1. The van der Waals surface area contributed by atoms with Crippen LogP contribution in [-0.2, 0) is 9.53 Å². The van der Waals surface area contributed by atoms with E-state index in [9.17, 15) is 4.79 Å². The van der Waals surface area contributed by atoms with Gasteiger partial charge in [0.25, 0.3) is 0 Å². The number of nitrogens with two attached hydrogens (primary N) is 1. The number of hydrogen-bond acceptors (Lipinski definition) is 9. The molecule has 106 valence electrons. The highest BCUT2D eigenvalue weighted by Gasteiger charge is 2.15. The molecule has 1 aromatic rings. The second-order valence-corrected chi connectivity index (χ2v) is 3.65. The predicted octanol–water partition coefficient (Wildman–Crippen LogP) is -0.0806. The number of carbonyl (C=O) groups excluding carboxylic acids is 1. The Hall–Kier alpha value is -2.16. The molecule has 0 saturated carbocycles. The molecule has 19 heavy (non-hydrogen) atoms. The second-order valence-electron chi connectivity index (χ2n) is 3.65. The van der Waals surface area contributed by atoms with Crippen LogP contribution in [0.5, 0.6) is 6.01 Å². The van der Waals surface area contributed by atoms with Crippen molar-refractivity contribution in [3.05, 3.63) is 0 Å². The molecule has 0 aliphatic heterocycles. The fraction of sp³-hybridized carbons (Fsp3) is 0.600. The fourth-order valence-electron chi connectivity index (χ4n) is 1.17. The van der Waals surface area contributed by atoms with Crippen LogP contribution in [0.25, 0.3) is 0 Å². The predicted molar refractivity (Wildman–Crippen MR) is 68.5 cm³/mol. The van der Waals surface area contributed by atoms with Gasteiger partial charge in [-0.3, -0.25) is 5.43 Å². The second kappa shape index (κ2) is 7.31. The molecular weight excluding hydrogens is 252 g/mol. The molecule has 0 bridgehead atoms. The Labute approximate surface area is 110 Å². The van der Waals surface area contributed by atoms with Gasteiger partial charge in [0, 0.05) is 0 Å². The van der Waals surface area contributed by atoms with Crippen molar-refractivity contribution in [2.45, 2.75) is 26.3 Å². The summed E-state index contributed by atoms with van der Waals surface area (Å²) in [6.45, 7) is 4.06. The van der Waals surface area contributed by atoms with E-state index in [4.69, 9.17) is 10.6 Å². The molecule has 0 aliphatic rings. The van der Waals surface area contributed by atoms with Gasteiger partial charge in [0.15, 0.2) is 0 Å². The van der Waals surface area contributed by atoms with E-state index in [0.717, 1.165) is 6.42 Å². The molecule has 1 aromatic heterocycles. The summed E-state index contributed by atoms with van der Waals surface area (Å²) in [7, 11) is 1.30. The Morgan fingerprint density at radius 3 is 2.63 bits per heavy atom. The summed E-state index contributed by atoms with van der Waals surface area (Å²) in [4.78, 5) is 23.2. The largest absolute Gasteiger partial charge is 0.467 e. The summed E-state index contributed by atoms with van der Waals surface area (Å²) in [5.41, 5.74) is 2.30. The van der Waals surface area contributed by atoms with Crippen LogP contribution < -0.4 is 21.3 Å². The third kappa shape index (κ3) is 4.54. The van der Waals surface area contributed by atoms with Gasteiger partial charge in [-0.2, -0.15) is 15.0 Å². The number of nitrogens with one attached hydrogen (secondary N) is 2. The summed E-state index contributed by atoms with van der Waals surface area (Å²) in [6.07, 6.45) is 0.818. The first-order valence-corrected chi connectivity index (χ1v) is 5.80. The maximum absolute atomic E-state index is 11.3. The van der Waals surface area contributed by atoms with E-state index in [1.807, 2.05) is 6.92 Å². The fourth-order valence-corrected chi connectivity index (χ4v) is 1.17. The Morgan fingerprint density at radius 2 is 2.05 bits per heavy atom. The zero-order valence-corrected chi connectivity index (χ0v) is 11.1. The van der Waals surface area contributed by atoms with Crippen molar-refractivity contribution in [2.75, 3.05) is 24.5 Å². The summed E-state index contributed by atoms with van der Waals surface area (Å²) in [5.74, 6) is 5.14. The van der Waals surface area contributed by atoms with Crippen molar-refractivity contribution >= 4 is 17.9 Å². The molecule has 1 heterocycles. The first-order chi connectivity index (χ1) is 9.10. The lowest BCUT2D eigenvalue weighted by atomic mass is 10.3. The third-order valence-electron chi connectivity index (χ3n) is 2.08. The molecule has 1 rings (SSSR count). The molecule has 4 N–H and O–H groups in total. The zero-order chi connectivity index (χ0) is 14.3. The molecule has 0 radical (unpaired) electrons. The molecule has 0 saturated heterocycles. The first kappa shape index (κ1) is 14.9. The minimum Gasteiger partial charge on any atom is -0.467 e. The van der Waals surface area contributed by atoms with Gasteiger partial charge in [-0.15, -0.1) is 0 Å². The standard InChI is InChI=1S/C10H18N6O3/c1-4-5-19-10-14-8(13-9(15-10)16-11)12-6(2)7(17)18-3/h6H,4-5,11H2,1-3H3,(H2,12,13,14,15,16). The van der Waals surface area contributed by atoms with E-state index in [0.29, 0.717) is 6.61 Å². The van der Waals surface area contributed by atoms with E-state index in [1.165, 1.54) is 7.11 Å². The van der Waals surface area contributed by atoms with Crippen LogP contribution in [0.3, 0.4) is 0 Å². The van der Waals surface area contributed by atoms with Crippen LogP contribution in [0.15, 0.2) is 0 Å². The third-order valence-corrected chi connectivity index (χ3v) is 2.08. The number of nitrogens with zero attached hydrogens (tertiary/aromatic N) is 3. The highest BCUT2D eigenvalue weighted by Crippen LogP contribution is 2.11. The van der Waals surface area contributed by atoms with Crippen molar-refractivity contribution in [1.82, 2.24) is 15.0 Å². The molecule has 0 aromatic carbocycles. The van der Waals surface area contributed by atoms with Crippen molar-refractivity contribution < 1.29 is 14.3 Å². The highest BCUT2D eigenvalue weighted by atomic mass is 16.5. The van der Waals surface area contributed by atoms with Crippen molar-refractivity contribution in [1.29, 1.82) is 0 Å². The van der Waals surface area contributed by atoms with E-state index in [-0.39, 0.29) is 17.9 Å². The minimum absolute atomic E-state index is 0.129. The van der Waals surface area contributed by atoms with E-state index < -0.39 is 12.0 Å². The van der Waals surface area contributed by atoms with Crippen molar-refractivity contribution in [3.8, 4) is 6.01 Å². The van der Waals surface area contributed by atoms with Gasteiger partial charge >= 0.3 is 12.0 Å². The molecule has 9 nitrogen and oxygen atoms in total. The van der Waals surface area contributed by atoms with Gasteiger partial charge in [0.2, 0.25) is 11.9 Å². The van der Waals surface area contributed by atoms with Crippen LogP contribution in [-0.4, -0.2) is 40.7 Å². The SMILES string of the molecule is CCCOc1nc(NN)nc(NC(C)C(=O)OC)n1. The van der Waals surface area contributed by atoms with Gasteiger partial charge in [0.05, 0.1) is 13.7 Å². The van der Waals surface area contributed by atoms with E-state index >= 15 is 0 Å². The van der Waals surface area contributed by atoms with Gasteiger partial charge < -0.3 is 14.8 Å². The average Bonchev–Trinajstić information content (AvgIpc) is 2.43. The number of methoxy groups -OCH3 is 1. The number of nitrogen functional groups attached to an aromatic ring is 1. The van der Waals surface area contributed by atoms with Crippen LogP contribution >= 0.6 is 0 Å². The number of esters is 1. The number of carbonyl (C=O) groups is 1. The summed E-state index contributed by atoms with van der Waals surface area (Å²) in [5, 5.41) is 2.77. The molecular formula is C10H18N6O3. The Balaban J connectivity index is 2.84. The van der Waals surface area contributed by atoms with E-state index in [2.05, 4.69) is 30.4 Å². The first-order valence-electron chi connectivity index (χ1n) is 5.80. The molecule has 0 amide bonds. The summed E-state index contributed by atoms with van der Waals surface area (Å²) >= 11 is 0. The maximum Gasteiger partial charge on any atom is 0.328 e. The number of rotatable bonds is 7. The lowest BCUT2D eigenvalue weighted by Crippen LogP contribution is -2.28. The minimum atomic E-state index is -0.600. The van der Waals surface area contributed by atoms with Crippen LogP contribution in [0, 0.1) is 0 Å². The normalized spacial score (nSPS) is 11.6. The quantitative estimate of drug-likeness (QED) is 0.354. The van der Waals surface area contributed by atoms with E-state index in [1.54, 1.807) is 6.92 Å². The Kier molecular flexibility index (Phi) is 5.73. The molecule has 0 aliphatic carbocycles. The highest BCUT2D eigenvalue weighted by molar-refractivity contribution is 5.77. The number of hydrogen-bond donors (Lipinski definition) is 3. The lowest BCUT2D eigenvalue weighted by molar-refractivity contribution is -0.141. The number of anilines is 2. The smallest absolute Gasteiger partial charge is 0.328 e. The molecule has 9 heteroatoms. The summed E-state index contributed by atoms with van der Waals surface area (Å²) in [6, 6.07) is -0.471. The summed E-state index contributed by atoms with van der Waals surface area (Å²) < 4.78 is 9.88. The van der Waals surface area contributed by atoms with Gasteiger partial charge in [-0.05, 0) is 13.3 Å². The topological polar surface area (TPSA) is 124 Å².